The second kappa shape index (κ2) is 6.33. The fourth-order valence-electron chi connectivity index (χ4n) is 3.18. The molecule has 1 unspecified atom stereocenters. The van der Waals surface area contributed by atoms with Crippen LogP contribution in [0, 0.1) is 23.4 Å². The molecule has 1 saturated carbocycles. The van der Waals surface area contributed by atoms with Crippen LogP contribution in [0.5, 0.6) is 0 Å². The molecule has 7 heteroatoms. The minimum absolute atomic E-state index is 0.200. The van der Waals surface area contributed by atoms with E-state index in [4.69, 9.17) is 5.73 Å². The molecule has 4 N–H and O–H groups in total. The van der Waals surface area contributed by atoms with Crippen LogP contribution in [0.15, 0.2) is 24.3 Å². The molecule has 0 aliphatic heterocycles. The van der Waals surface area contributed by atoms with E-state index in [9.17, 15) is 14.6 Å². The van der Waals surface area contributed by atoms with Crippen LogP contribution >= 0.6 is 0 Å². The number of hydrogen-bond acceptors (Lipinski definition) is 4. The summed E-state index contributed by atoms with van der Waals surface area (Å²) >= 11 is 0. The molecule has 1 heterocycles. The SMILES string of the molecule is CC(C)(O)c1c(F)c(-c2ccc(F)cc2)nc(C(O)(CN)C2CC2)c1F. The summed E-state index contributed by atoms with van der Waals surface area (Å²) in [6.45, 7) is 2.19. The van der Waals surface area contributed by atoms with Gasteiger partial charge in [0.1, 0.15) is 22.8 Å². The zero-order chi connectivity index (χ0) is 19.3. The molecular weight excluding hydrogens is 345 g/mol. The van der Waals surface area contributed by atoms with Crippen LogP contribution in [0.1, 0.15) is 37.9 Å². The number of aromatic nitrogens is 1. The standard InChI is InChI=1S/C19H21F3N2O2/c1-18(2,25)13-14(21)16(10-3-7-12(20)8-4-10)24-17(15(13)22)19(26,9-23)11-5-6-11/h3-4,7-8,11,25-26H,5-6,9,23H2,1-2H3. The number of halogens is 3. The number of hydrogen-bond donors (Lipinski definition) is 3. The average Bonchev–Trinajstić information content (AvgIpc) is 3.39. The maximum absolute atomic E-state index is 15.1. The van der Waals surface area contributed by atoms with Gasteiger partial charge in [-0.1, -0.05) is 0 Å². The maximum atomic E-state index is 15.1. The van der Waals surface area contributed by atoms with Crippen LogP contribution in [-0.2, 0) is 11.2 Å². The fraction of sp³-hybridized carbons (Fsp3) is 0.421. The van der Waals surface area contributed by atoms with Crippen LogP contribution in [0.4, 0.5) is 13.2 Å². The van der Waals surface area contributed by atoms with Crippen LogP contribution in [-0.4, -0.2) is 21.7 Å². The molecule has 1 atom stereocenters. The number of pyridine rings is 1. The Morgan fingerprint density at radius 1 is 1.08 bits per heavy atom. The third-order valence-corrected chi connectivity index (χ3v) is 4.78. The molecule has 4 nitrogen and oxygen atoms in total. The van der Waals surface area contributed by atoms with E-state index in [1.807, 2.05) is 0 Å². The molecule has 1 fully saturated rings. The van der Waals surface area contributed by atoms with Gasteiger partial charge >= 0.3 is 0 Å². The van der Waals surface area contributed by atoms with Crippen LogP contribution in [0.2, 0.25) is 0 Å². The normalized spacial score (nSPS) is 17.2. The van der Waals surface area contributed by atoms with Gasteiger partial charge in [0, 0.05) is 12.1 Å². The second-order valence-electron chi connectivity index (χ2n) is 7.28. The third kappa shape index (κ3) is 3.11. The highest BCUT2D eigenvalue weighted by Gasteiger charge is 2.48. The van der Waals surface area contributed by atoms with Crippen molar-refractivity contribution in [3.8, 4) is 11.3 Å². The summed E-state index contributed by atoms with van der Waals surface area (Å²) in [7, 11) is 0. The van der Waals surface area contributed by atoms with E-state index in [1.54, 1.807) is 0 Å². The number of aliphatic hydroxyl groups is 2. The number of nitrogens with two attached hydrogens (primary N) is 1. The average molecular weight is 366 g/mol. The fourth-order valence-corrected chi connectivity index (χ4v) is 3.18. The van der Waals surface area contributed by atoms with Crippen molar-refractivity contribution in [3.63, 3.8) is 0 Å². The van der Waals surface area contributed by atoms with E-state index in [0.29, 0.717) is 12.8 Å². The van der Waals surface area contributed by atoms with Gasteiger partial charge in [-0.15, -0.1) is 0 Å². The molecule has 140 valence electrons. The highest BCUT2D eigenvalue weighted by Crippen LogP contribution is 2.47. The predicted octanol–water partition coefficient (Wildman–Crippen LogP) is 2.95. The van der Waals surface area contributed by atoms with Gasteiger partial charge in [-0.2, -0.15) is 0 Å². The van der Waals surface area contributed by atoms with Gasteiger partial charge in [0.25, 0.3) is 0 Å². The van der Waals surface area contributed by atoms with Crippen molar-refractivity contribution >= 4 is 0 Å². The molecule has 0 spiro atoms. The Morgan fingerprint density at radius 3 is 2.12 bits per heavy atom. The van der Waals surface area contributed by atoms with E-state index in [1.165, 1.54) is 26.0 Å². The van der Waals surface area contributed by atoms with Crippen molar-refractivity contribution < 1.29 is 23.4 Å². The molecule has 2 aromatic rings. The molecule has 0 saturated heterocycles. The third-order valence-electron chi connectivity index (χ3n) is 4.78. The Morgan fingerprint density at radius 2 is 1.65 bits per heavy atom. The van der Waals surface area contributed by atoms with Crippen molar-refractivity contribution in [3.05, 3.63) is 53.0 Å². The van der Waals surface area contributed by atoms with Gasteiger partial charge in [0.15, 0.2) is 11.6 Å². The Hall–Kier alpha value is -1.96. The molecule has 1 aliphatic rings. The largest absolute Gasteiger partial charge is 0.386 e. The Bertz CT molecular complexity index is 830. The van der Waals surface area contributed by atoms with Gasteiger partial charge in [-0.05, 0) is 56.9 Å². The number of benzene rings is 1. The lowest BCUT2D eigenvalue weighted by Crippen LogP contribution is -2.40. The summed E-state index contributed by atoms with van der Waals surface area (Å²) < 4.78 is 43.4. The first-order valence-electron chi connectivity index (χ1n) is 8.40. The van der Waals surface area contributed by atoms with E-state index in [-0.39, 0.29) is 29.4 Å². The molecule has 0 radical (unpaired) electrons. The Kier molecular flexibility index (Phi) is 4.58. The molecule has 26 heavy (non-hydrogen) atoms. The Balaban J connectivity index is 2.31. The molecule has 1 aromatic heterocycles. The summed E-state index contributed by atoms with van der Waals surface area (Å²) in [4.78, 5) is 4.04. The van der Waals surface area contributed by atoms with Crippen molar-refractivity contribution in [2.45, 2.75) is 37.9 Å². The molecule has 3 rings (SSSR count). The van der Waals surface area contributed by atoms with E-state index in [0.717, 1.165) is 12.1 Å². The maximum Gasteiger partial charge on any atom is 0.158 e. The molecule has 1 aliphatic carbocycles. The van der Waals surface area contributed by atoms with Crippen LogP contribution in [0.3, 0.4) is 0 Å². The van der Waals surface area contributed by atoms with Crippen LogP contribution in [0.25, 0.3) is 11.3 Å². The topological polar surface area (TPSA) is 79.4 Å². The highest BCUT2D eigenvalue weighted by molar-refractivity contribution is 5.62. The molecular formula is C19H21F3N2O2. The van der Waals surface area contributed by atoms with Crippen molar-refractivity contribution in [2.75, 3.05) is 6.54 Å². The zero-order valence-corrected chi connectivity index (χ0v) is 14.6. The molecule has 0 bridgehead atoms. The first-order chi connectivity index (χ1) is 12.1. The van der Waals surface area contributed by atoms with Gasteiger partial charge in [0.2, 0.25) is 0 Å². The van der Waals surface area contributed by atoms with Crippen LogP contribution < -0.4 is 5.73 Å². The minimum atomic E-state index is -1.86. The van der Waals surface area contributed by atoms with Gasteiger partial charge in [-0.25, -0.2) is 18.2 Å². The summed E-state index contributed by atoms with van der Waals surface area (Å²) in [5.74, 6) is -2.97. The monoisotopic (exact) mass is 366 g/mol. The van der Waals surface area contributed by atoms with E-state index >= 15 is 8.78 Å². The van der Waals surface area contributed by atoms with Crippen molar-refractivity contribution in [1.82, 2.24) is 4.98 Å². The molecule has 0 amide bonds. The lowest BCUT2D eigenvalue weighted by molar-refractivity contribution is 0.0120. The van der Waals surface area contributed by atoms with Gasteiger partial charge in [0.05, 0.1) is 11.2 Å². The lowest BCUT2D eigenvalue weighted by atomic mass is 9.87. The van der Waals surface area contributed by atoms with Gasteiger partial charge < -0.3 is 15.9 Å². The van der Waals surface area contributed by atoms with Crippen molar-refractivity contribution in [1.29, 1.82) is 0 Å². The summed E-state index contributed by atoms with van der Waals surface area (Å²) in [5, 5.41) is 21.2. The van der Waals surface area contributed by atoms with Gasteiger partial charge in [-0.3, -0.25) is 0 Å². The summed E-state index contributed by atoms with van der Waals surface area (Å²) in [6.07, 6.45) is 1.30. The first kappa shape index (κ1) is 18.8. The minimum Gasteiger partial charge on any atom is -0.386 e. The summed E-state index contributed by atoms with van der Waals surface area (Å²) in [5.41, 5.74) is 1.01. The zero-order valence-electron chi connectivity index (χ0n) is 14.6. The Labute approximate surface area is 149 Å². The quantitative estimate of drug-likeness (QED) is 0.760. The number of nitrogens with zero attached hydrogens (tertiary/aromatic N) is 1. The summed E-state index contributed by atoms with van der Waals surface area (Å²) in [6, 6.07) is 4.85. The highest BCUT2D eigenvalue weighted by atomic mass is 19.1. The second-order valence-corrected chi connectivity index (χ2v) is 7.28. The smallest absolute Gasteiger partial charge is 0.158 e. The predicted molar refractivity (Wildman–Crippen MR) is 90.5 cm³/mol. The first-order valence-corrected chi connectivity index (χ1v) is 8.40. The van der Waals surface area contributed by atoms with E-state index in [2.05, 4.69) is 4.98 Å². The molecule has 1 aromatic carbocycles. The number of rotatable bonds is 5. The van der Waals surface area contributed by atoms with Crippen molar-refractivity contribution in [2.24, 2.45) is 11.7 Å². The van der Waals surface area contributed by atoms with E-state index < -0.39 is 34.2 Å². The lowest BCUT2D eigenvalue weighted by Gasteiger charge is -2.30.